The highest BCUT2D eigenvalue weighted by atomic mass is 32.2. The fourth-order valence-corrected chi connectivity index (χ4v) is 3.88. The van der Waals surface area contributed by atoms with Crippen LogP contribution < -0.4 is 0 Å². The highest BCUT2D eigenvalue weighted by Crippen LogP contribution is 2.37. The first-order valence-corrected chi connectivity index (χ1v) is 8.72. The van der Waals surface area contributed by atoms with Crippen LogP contribution in [0.2, 0.25) is 0 Å². The summed E-state index contributed by atoms with van der Waals surface area (Å²) < 4.78 is 0. The van der Waals surface area contributed by atoms with Crippen molar-refractivity contribution in [3.63, 3.8) is 0 Å². The van der Waals surface area contributed by atoms with Crippen molar-refractivity contribution >= 4 is 11.8 Å². The molecule has 0 bridgehead atoms. The van der Waals surface area contributed by atoms with Gasteiger partial charge in [0, 0.05) is 24.3 Å². The Kier molecular flexibility index (Phi) is 4.94. The number of rotatable bonds is 5. The smallest absolute Gasteiger partial charge is 0.101 e. The van der Waals surface area contributed by atoms with Gasteiger partial charge in [0.2, 0.25) is 0 Å². The van der Waals surface area contributed by atoms with E-state index in [0.29, 0.717) is 6.04 Å². The molecule has 0 amide bonds. The first-order chi connectivity index (χ1) is 10.4. The lowest BCUT2D eigenvalue weighted by atomic mass is 10.1. The zero-order chi connectivity index (χ0) is 14.5. The van der Waals surface area contributed by atoms with Crippen LogP contribution in [-0.2, 0) is 6.54 Å². The molecule has 2 aromatic rings. The van der Waals surface area contributed by atoms with E-state index in [0.717, 1.165) is 12.3 Å². The lowest BCUT2D eigenvalue weighted by Gasteiger charge is -2.26. The lowest BCUT2D eigenvalue weighted by Crippen LogP contribution is -2.23. The summed E-state index contributed by atoms with van der Waals surface area (Å²) in [6.07, 6.45) is 4.44. The summed E-state index contributed by atoms with van der Waals surface area (Å²) in [5, 5.41) is 1.21. The van der Waals surface area contributed by atoms with Gasteiger partial charge >= 0.3 is 0 Å². The molecule has 110 valence electrons. The molecule has 3 heteroatoms. The minimum absolute atomic E-state index is 0.521. The third kappa shape index (κ3) is 3.47. The largest absolute Gasteiger partial charge is 0.292 e. The Balaban J connectivity index is 1.81. The summed E-state index contributed by atoms with van der Waals surface area (Å²) in [6.45, 7) is 4.42. The van der Waals surface area contributed by atoms with Gasteiger partial charge in [0.15, 0.2) is 0 Å². The van der Waals surface area contributed by atoms with Crippen molar-refractivity contribution in [1.82, 2.24) is 9.88 Å². The van der Waals surface area contributed by atoms with Crippen molar-refractivity contribution < 1.29 is 0 Å². The fourth-order valence-electron chi connectivity index (χ4n) is 3.10. The van der Waals surface area contributed by atoms with Crippen molar-refractivity contribution in [2.75, 3.05) is 12.3 Å². The minimum Gasteiger partial charge on any atom is -0.292 e. The van der Waals surface area contributed by atoms with Crippen molar-refractivity contribution in [3.05, 3.63) is 59.8 Å². The van der Waals surface area contributed by atoms with E-state index in [9.17, 15) is 0 Å². The second-order valence-corrected chi connectivity index (χ2v) is 6.70. The quantitative estimate of drug-likeness (QED) is 0.754. The molecule has 0 unspecified atom stereocenters. The van der Waals surface area contributed by atoms with E-state index in [-0.39, 0.29) is 0 Å². The van der Waals surface area contributed by atoms with E-state index in [1.54, 1.807) is 0 Å². The van der Waals surface area contributed by atoms with Gasteiger partial charge in [-0.1, -0.05) is 43.3 Å². The maximum Gasteiger partial charge on any atom is 0.101 e. The Bertz CT molecular complexity index is 570. The molecule has 1 atom stereocenters. The van der Waals surface area contributed by atoms with E-state index in [1.165, 1.54) is 35.5 Å². The summed E-state index contributed by atoms with van der Waals surface area (Å²) in [5.41, 5.74) is 2.82. The number of nitrogens with zero attached hydrogens (tertiary/aromatic N) is 2. The second-order valence-electron chi connectivity index (χ2n) is 5.44. The molecule has 0 saturated carbocycles. The number of benzene rings is 1. The third-order valence-electron chi connectivity index (χ3n) is 4.03. The van der Waals surface area contributed by atoms with Crippen LogP contribution in [-0.4, -0.2) is 22.2 Å². The highest BCUT2D eigenvalue weighted by molar-refractivity contribution is 7.99. The maximum absolute atomic E-state index is 4.59. The number of thioether (sulfide) groups is 1. The van der Waals surface area contributed by atoms with Crippen molar-refractivity contribution in [1.29, 1.82) is 0 Å². The monoisotopic (exact) mass is 298 g/mol. The van der Waals surface area contributed by atoms with E-state index in [1.807, 2.05) is 18.0 Å². The molecular weight excluding hydrogens is 276 g/mol. The summed E-state index contributed by atoms with van der Waals surface area (Å²) in [5.74, 6) is 1.08. The van der Waals surface area contributed by atoms with Gasteiger partial charge in [-0.15, -0.1) is 11.8 Å². The van der Waals surface area contributed by atoms with Crippen LogP contribution in [0.5, 0.6) is 0 Å². The number of hydrogen-bond donors (Lipinski definition) is 0. The average Bonchev–Trinajstić information content (AvgIpc) is 2.97. The number of likely N-dealkylation sites (tertiary alicyclic amines) is 1. The molecule has 1 fully saturated rings. The molecule has 0 aliphatic carbocycles. The topological polar surface area (TPSA) is 16.1 Å². The average molecular weight is 298 g/mol. The van der Waals surface area contributed by atoms with Gasteiger partial charge in [-0.2, -0.15) is 0 Å². The number of pyridine rings is 1. The van der Waals surface area contributed by atoms with E-state index >= 15 is 0 Å². The van der Waals surface area contributed by atoms with E-state index < -0.39 is 0 Å². The summed E-state index contributed by atoms with van der Waals surface area (Å²) in [4.78, 5) is 7.19. The molecule has 2 heterocycles. The molecule has 2 nitrogen and oxygen atoms in total. The summed E-state index contributed by atoms with van der Waals surface area (Å²) in [6, 6.07) is 15.6. The van der Waals surface area contributed by atoms with Crippen LogP contribution in [0.25, 0.3) is 0 Å². The molecule has 1 aromatic carbocycles. The lowest BCUT2D eigenvalue weighted by molar-refractivity contribution is 0.245. The predicted octanol–water partition coefficient (Wildman–Crippen LogP) is 4.53. The molecule has 3 rings (SSSR count). The van der Waals surface area contributed by atoms with Crippen LogP contribution in [0.3, 0.4) is 0 Å². The standard InChI is InChI=1S/C18H22N2S/c1-2-21-18-16(10-6-12-19-18)17-11-7-13-20(17)14-15-8-4-3-5-9-15/h3-6,8-10,12,17H,2,7,11,13-14H2,1H3/t17-/m0/s1. The van der Waals surface area contributed by atoms with E-state index in [2.05, 4.69) is 59.3 Å². The Morgan fingerprint density at radius 2 is 2.05 bits per heavy atom. The zero-order valence-corrected chi connectivity index (χ0v) is 13.4. The number of hydrogen-bond acceptors (Lipinski definition) is 3. The van der Waals surface area contributed by atoms with Crippen LogP contribution in [0.1, 0.15) is 36.9 Å². The molecule has 21 heavy (non-hydrogen) atoms. The van der Waals surface area contributed by atoms with Crippen LogP contribution in [0.4, 0.5) is 0 Å². The molecular formula is C18H22N2S. The second kappa shape index (κ2) is 7.10. The zero-order valence-electron chi connectivity index (χ0n) is 12.5. The van der Waals surface area contributed by atoms with Crippen molar-refractivity contribution in [2.24, 2.45) is 0 Å². The molecule has 1 aromatic heterocycles. The first-order valence-electron chi connectivity index (χ1n) is 7.74. The highest BCUT2D eigenvalue weighted by Gasteiger charge is 2.28. The summed E-state index contributed by atoms with van der Waals surface area (Å²) >= 11 is 1.86. The van der Waals surface area contributed by atoms with Gasteiger partial charge in [0.25, 0.3) is 0 Å². The molecule has 1 aliphatic rings. The fraction of sp³-hybridized carbons (Fsp3) is 0.389. The third-order valence-corrected chi connectivity index (χ3v) is 4.94. The predicted molar refractivity (Wildman–Crippen MR) is 89.5 cm³/mol. The Morgan fingerprint density at radius 3 is 2.86 bits per heavy atom. The van der Waals surface area contributed by atoms with Crippen LogP contribution in [0.15, 0.2) is 53.7 Å². The van der Waals surface area contributed by atoms with Gasteiger partial charge in [-0.25, -0.2) is 4.98 Å². The summed E-state index contributed by atoms with van der Waals surface area (Å²) in [7, 11) is 0. The van der Waals surface area contributed by atoms with Gasteiger partial charge in [0.1, 0.15) is 5.03 Å². The molecule has 0 N–H and O–H groups in total. The normalized spacial score (nSPS) is 19.0. The Labute approximate surface area is 131 Å². The Morgan fingerprint density at radius 1 is 1.19 bits per heavy atom. The van der Waals surface area contributed by atoms with Crippen molar-refractivity contribution in [3.8, 4) is 0 Å². The number of aromatic nitrogens is 1. The van der Waals surface area contributed by atoms with Gasteiger partial charge in [-0.3, -0.25) is 4.90 Å². The van der Waals surface area contributed by atoms with Crippen LogP contribution in [0, 0.1) is 0 Å². The van der Waals surface area contributed by atoms with Gasteiger partial charge < -0.3 is 0 Å². The maximum atomic E-state index is 4.59. The van der Waals surface area contributed by atoms with E-state index in [4.69, 9.17) is 0 Å². The minimum atomic E-state index is 0.521. The van der Waals surface area contributed by atoms with Gasteiger partial charge in [-0.05, 0) is 36.8 Å². The Hall–Kier alpha value is -1.32. The van der Waals surface area contributed by atoms with Crippen molar-refractivity contribution in [2.45, 2.75) is 37.4 Å². The molecule has 0 radical (unpaired) electrons. The first kappa shape index (κ1) is 14.6. The van der Waals surface area contributed by atoms with Gasteiger partial charge in [0.05, 0.1) is 0 Å². The van der Waals surface area contributed by atoms with Crippen LogP contribution >= 0.6 is 11.8 Å². The SMILES string of the molecule is CCSc1ncccc1[C@@H]1CCCN1Cc1ccccc1. The molecule has 1 aliphatic heterocycles. The molecule has 0 spiro atoms. The molecule has 1 saturated heterocycles.